The molecule has 0 fully saturated rings. The van der Waals surface area contributed by atoms with Gasteiger partial charge in [0.05, 0.1) is 5.71 Å². The predicted octanol–water partition coefficient (Wildman–Crippen LogP) is 3.67. The number of ether oxygens (including phenoxy) is 3. The molecule has 5 N–H and O–H groups in total. The minimum Gasteiger partial charge on any atom is -0.454 e. The van der Waals surface area contributed by atoms with Gasteiger partial charge in [-0.2, -0.15) is 0 Å². The van der Waals surface area contributed by atoms with Crippen molar-refractivity contribution in [1.29, 1.82) is 5.41 Å². The van der Waals surface area contributed by atoms with E-state index in [2.05, 4.69) is 18.6 Å². The third-order valence-corrected chi connectivity index (χ3v) is 3.01. The molecule has 2 aromatic rings. The molecular weight excluding hydrogens is 318 g/mol. The van der Waals surface area contributed by atoms with Gasteiger partial charge >= 0.3 is 0 Å². The summed E-state index contributed by atoms with van der Waals surface area (Å²) in [6, 6.07) is 10.5. The Labute approximate surface area is 149 Å². The number of nitrogens with two attached hydrogens (primary N) is 2. The van der Waals surface area contributed by atoms with E-state index in [1.54, 1.807) is 50.6 Å². The topological polar surface area (TPSA) is 104 Å². The first kappa shape index (κ1) is 20.3. The molecule has 6 heteroatoms. The lowest BCUT2D eigenvalue weighted by atomic mass is 10.00. The zero-order valence-corrected chi connectivity index (χ0v) is 15.3. The maximum Gasteiger partial charge on any atom is 0.231 e. The average Bonchev–Trinajstić information content (AvgIpc) is 3.05. The van der Waals surface area contributed by atoms with Gasteiger partial charge < -0.3 is 25.7 Å². The summed E-state index contributed by atoms with van der Waals surface area (Å²) in [7, 11) is 3.25. The van der Waals surface area contributed by atoms with Gasteiger partial charge in [0.2, 0.25) is 6.79 Å². The predicted molar refractivity (Wildman–Crippen MR) is 103 cm³/mol. The van der Waals surface area contributed by atoms with E-state index < -0.39 is 0 Å². The molecule has 0 aromatic heterocycles. The Morgan fingerprint density at radius 2 is 1.64 bits per heavy atom. The van der Waals surface area contributed by atoms with Crippen LogP contribution in [0.4, 0.5) is 11.4 Å². The minimum atomic E-state index is 0.215. The highest BCUT2D eigenvalue weighted by molar-refractivity contribution is 6.14. The van der Waals surface area contributed by atoms with Crippen molar-refractivity contribution >= 4 is 17.1 Å². The second kappa shape index (κ2) is 10.2. The summed E-state index contributed by atoms with van der Waals surface area (Å²) in [4.78, 5) is 0. The van der Waals surface area contributed by atoms with Crippen LogP contribution < -0.4 is 20.9 Å². The normalized spacial score (nSPS) is 10.9. The summed E-state index contributed by atoms with van der Waals surface area (Å²) in [5, 5.41) is 8.24. The molecule has 6 nitrogen and oxygen atoms in total. The summed E-state index contributed by atoms with van der Waals surface area (Å²) in [6.07, 6.45) is 1.25. The van der Waals surface area contributed by atoms with Gasteiger partial charge in [-0.05, 0) is 36.4 Å². The third-order valence-electron chi connectivity index (χ3n) is 3.01. The molecule has 1 aliphatic heterocycles. The van der Waals surface area contributed by atoms with Crippen LogP contribution in [0.15, 0.2) is 36.4 Å². The average molecular weight is 345 g/mol. The van der Waals surface area contributed by atoms with E-state index in [-0.39, 0.29) is 6.79 Å². The number of rotatable bonds is 2. The second-order valence-corrected chi connectivity index (χ2v) is 5.41. The third kappa shape index (κ3) is 5.69. The van der Waals surface area contributed by atoms with Gasteiger partial charge in [0.25, 0.3) is 0 Å². The Morgan fingerprint density at radius 1 is 1.04 bits per heavy atom. The zero-order valence-electron chi connectivity index (χ0n) is 15.3. The Hall–Kier alpha value is -2.73. The van der Waals surface area contributed by atoms with Crippen LogP contribution >= 0.6 is 0 Å². The summed E-state index contributed by atoms with van der Waals surface area (Å²) in [5.74, 6) is 1.34. The molecule has 0 unspecified atom stereocenters. The standard InChI is InChI=1S/C14H13N3O2.C3H8.C2H6O/c15-9-2-3-11(16)10(6-9)14(17)8-1-4-12-13(5-8)19-7-18-12;2*1-3-2/h1-6,17H,7,15-16H2;3H2,1-2H3;1-2H3. The van der Waals surface area contributed by atoms with Crippen molar-refractivity contribution in [2.75, 3.05) is 32.5 Å². The van der Waals surface area contributed by atoms with Crippen LogP contribution in [0.25, 0.3) is 0 Å². The number of benzene rings is 2. The number of hydrogen-bond donors (Lipinski definition) is 3. The molecule has 0 amide bonds. The van der Waals surface area contributed by atoms with Gasteiger partial charge in [0.15, 0.2) is 11.5 Å². The Balaban J connectivity index is 0.000000460. The fourth-order valence-electron chi connectivity index (χ4n) is 2.00. The molecule has 0 saturated carbocycles. The van der Waals surface area contributed by atoms with E-state index in [1.165, 1.54) is 6.42 Å². The molecule has 3 rings (SSSR count). The summed E-state index contributed by atoms with van der Waals surface area (Å²) < 4.78 is 14.8. The lowest BCUT2D eigenvalue weighted by Crippen LogP contribution is -2.06. The highest BCUT2D eigenvalue weighted by Crippen LogP contribution is 2.33. The molecule has 25 heavy (non-hydrogen) atoms. The first-order valence-corrected chi connectivity index (χ1v) is 8.02. The second-order valence-electron chi connectivity index (χ2n) is 5.41. The Morgan fingerprint density at radius 3 is 2.28 bits per heavy atom. The van der Waals surface area contributed by atoms with Gasteiger partial charge in [-0.3, -0.25) is 5.41 Å². The highest BCUT2D eigenvalue weighted by atomic mass is 16.7. The van der Waals surface area contributed by atoms with Crippen LogP contribution in [0.3, 0.4) is 0 Å². The number of anilines is 2. The van der Waals surface area contributed by atoms with Crippen molar-refractivity contribution in [1.82, 2.24) is 0 Å². The van der Waals surface area contributed by atoms with Crippen molar-refractivity contribution in [2.45, 2.75) is 20.3 Å². The summed E-state index contributed by atoms with van der Waals surface area (Å²) in [6.45, 7) is 4.46. The Bertz CT molecular complexity index is 700. The molecule has 0 radical (unpaired) electrons. The van der Waals surface area contributed by atoms with Crippen LogP contribution in [0.5, 0.6) is 11.5 Å². The number of nitrogens with one attached hydrogen (secondary N) is 1. The fraction of sp³-hybridized carbons (Fsp3) is 0.316. The van der Waals surface area contributed by atoms with Crippen molar-refractivity contribution < 1.29 is 14.2 Å². The molecule has 0 aliphatic carbocycles. The zero-order chi connectivity index (χ0) is 18.8. The molecule has 136 valence electrons. The van der Waals surface area contributed by atoms with E-state index in [9.17, 15) is 0 Å². The van der Waals surface area contributed by atoms with Crippen LogP contribution in [0.2, 0.25) is 0 Å². The lowest BCUT2D eigenvalue weighted by molar-refractivity contribution is 0.174. The highest BCUT2D eigenvalue weighted by Gasteiger charge is 2.16. The van der Waals surface area contributed by atoms with Crippen LogP contribution in [-0.2, 0) is 4.74 Å². The van der Waals surface area contributed by atoms with Crippen LogP contribution in [0, 0.1) is 5.41 Å². The van der Waals surface area contributed by atoms with E-state index in [0.29, 0.717) is 39.7 Å². The van der Waals surface area contributed by atoms with E-state index in [1.807, 2.05) is 0 Å². The minimum absolute atomic E-state index is 0.215. The summed E-state index contributed by atoms with van der Waals surface area (Å²) >= 11 is 0. The molecule has 1 aliphatic rings. The van der Waals surface area contributed by atoms with Crippen molar-refractivity contribution in [2.24, 2.45) is 0 Å². The van der Waals surface area contributed by atoms with Crippen molar-refractivity contribution in [3.63, 3.8) is 0 Å². The van der Waals surface area contributed by atoms with Crippen LogP contribution in [-0.4, -0.2) is 26.7 Å². The smallest absolute Gasteiger partial charge is 0.231 e. The van der Waals surface area contributed by atoms with Crippen molar-refractivity contribution in [3.05, 3.63) is 47.5 Å². The van der Waals surface area contributed by atoms with Gasteiger partial charge in [0.1, 0.15) is 0 Å². The SMILES string of the molecule is CCC.COC.N=C(c1ccc2c(c1)OCO2)c1cc(N)ccc1N. The molecule has 1 heterocycles. The largest absolute Gasteiger partial charge is 0.454 e. The van der Waals surface area contributed by atoms with Gasteiger partial charge in [-0.25, -0.2) is 0 Å². The maximum absolute atomic E-state index is 8.24. The molecule has 0 bridgehead atoms. The molecule has 0 spiro atoms. The van der Waals surface area contributed by atoms with Gasteiger partial charge in [-0.15, -0.1) is 0 Å². The van der Waals surface area contributed by atoms with Crippen LogP contribution in [0.1, 0.15) is 31.4 Å². The van der Waals surface area contributed by atoms with Gasteiger partial charge in [-0.1, -0.05) is 20.3 Å². The first-order chi connectivity index (χ1) is 12.0. The lowest BCUT2D eigenvalue weighted by Gasteiger charge is -2.09. The first-order valence-electron chi connectivity index (χ1n) is 8.02. The Kier molecular flexibility index (Phi) is 8.29. The monoisotopic (exact) mass is 345 g/mol. The molecule has 0 atom stereocenters. The number of nitrogen functional groups attached to an aromatic ring is 2. The van der Waals surface area contributed by atoms with E-state index in [0.717, 1.165) is 0 Å². The summed E-state index contributed by atoms with van der Waals surface area (Å²) in [5.41, 5.74) is 14.4. The molecular formula is C19H27N3O3. The van der Waals surface area contributed by atoms with Crippen molar-refractivity contribution in [3.8, 4) is 11.5 Å². The van der Waals surface area contributed by atoms with Gasteiger partial charge in [0, 0.05) is 36.7 Å². The van der Waals surface area contributed by atoms with E-state index >= 15 is 0 Å². The maximum atomic E-state index is 8.24. The number of methoxy groups -OCH3 is 1. The molecule has 2 aromatic carbocycles. The fourth-order valence-corrected chi connectivity index (χ4v) is 2.00. The molecule has 0 saturated heterocycles. The quantitative estimate of drug-likeness (QED) is 0.569. The van der Waals surface area contributed by atoms with E-state index in [4.69, 9.17) is 26.4 Å². The number of hydrogen-bond acceptors (Lipinski definition) is 6. The number of fused-ring (bicyclic) bond motifs is 1.